The highest BCUT2D eigenvalue weighted by atomic mass is 32.2. The molecular weight excluding hydrogens is 589 g/mol. The third-order valence-electron chi connectivity index (χ3n) is 7.51. The van der Waals surface area contributed by atoms with E-state index in [1.165, 1.54) is 11.8 Å². The number of fused-ring (bicyclic) bond motifs is 1. The number of hydrogen-bond donors (Lipinski definition) is 3. The largest absolute Gasteiger partial charge is 0.460 e. The van der Waals surface area contributed by atoms with E-state index < -0.39 is 22.9 Å². The van der Waals surface area contributed by atoms with Gasteiger partial charge in [-0.2, -0.15) is 0 Å². The number of hydrogen-bond acceptors (Lipinski definition) is 7. The van der Waals surface area contributed by atoms with E-state index in [1.807, 2.05) is 43.3 Å². The van der Waals surface area contributed by atoms with Gasteiger partial charge in [0.2, 0.25) is 5.95 Å². The molecular formula is C32H39F2N5O2S2. The molecule has 0 radical (unpaired) electrons. The van der Waals surface area contributed by atoms with Crippen LogP contribution in [0.5, 0.6) is 5.75 Å². The third-order valence-corrected chi connectivity index (χ3v) is 9.70. The molecule has 3 unspecified atom stereocenters. The molecule has 1 aromatic heterocycles. The average molecular weight is 628 g/mol. The van der Waals surface area contributed by atoms with Crippen LogP contribution in [0.15, 0.2) is 65.9 Å². The van der Waals surface area contributed by atoms with E-state index in [0.29, 0.717) is 29.7 Å². The monoisotopic (exact) mass is 627 g/mol. The Bertz CT molecular complexity index is 1530. The van der Waals surface area contributed by atoms with Gasteiger partial charge in [0.25, 0.3) is 5.92 Å². The van der Waals surface area contributed by atoms with E-state index >= 15 is 0 Å². The summed E-state index contributed by atoms with van der Waals surface area (Å²) < 4.78 is 50.7. The second-order valence-corrected chi connectivity index (χ2v) is 14.0. The third kappa shape index (κ3) is 8.33. The number of benzene rings is 2. The number of halogens is 2. The van der Waals surface area contributed by atoms with E-state index in [0.717, 1.165) is 51.3 Å². The number of anilines is 2. The second-order valence-electron chi connectivity index (χ2n) is 11.4. The predicted molar refractivity (Wildman–Crippen MR) is 175 cm³/mol. The zero-order valence-corrected chi connectivity index (χ0v) is 26.4. The maximum atomic E-state index is 14.0. The predicted octanol–water partition coefficient (Wildman–Crippen LogP) is 7.59. The van der Waals surface area contributed by atoms with Crippen molar-refractivity contribution in [3.05, 3.63) is 71.6 Å². The summed E-state index contributed by atoms with van der Waals surface area (Å²) in [5.74, 6) is 0.132. The average Bonchev–Trinajstić information content (AvgIpc) is 3.79. The van der Waals surface area contributed by atoms with Gasteiger partial charge in [-0.15, -0.1) is 0 Å². The van der Waals surface area contributed by atoms with Crippen LogP contribution in [0.1, 0.15) is 52.1 Å². The van der Waals surface area contributed by atoms with Crippen LogP contribution in [-0.4, -0.2) is 45.0 Å². The van der Waals surface area contributed by atoms with Gasteiger partial charge in [-0.25, -0.2) is 23.0 Å². The molecule has 0 bridgehead atoms. The fraction of sp³-hybridized carbons (Fsp3) is 0.438. The van der Waals surface area contributed by atoms with E-state index in [-0.39, 0.29) is 24.8 Å². The zero-order chi connectivity index (χ0) is 30.6. The summed E-state index contributed by atoms with van der Waals surface area (Å²) in [7, 11) is -1.15. The Morgan fingerprint density at radius 1 is 1.23 bits per heavy atom. The molecule has 230 valence electrons. The Hall–Kier alpha value is -3.02. The first-order valence-corrected chi connectivity index (χ1v) is 16.9. The number of nitrogens with one attached hydrogen (secondary N) is 3. The van der Waals surface area contributed by atoms with Gasteiger partial charge >= 0.3 is 0 Å². The van der Waals surface area contributed by atoms with Gasteiger partial charge in [0.05, 0.1) is 22.8 Å². The number of nitrogens with zero attached hydrogens (tertiary/aromatic N) is 2. The van der Waals surface area contributed by atoms with Crippen LogP contribution in [0.2, 0.25) is 0 Å². The van der Waals surface area contributed by atoms with Gasteiger partial charge in [-0.3, -0.25) is 0 Å². The standard InChI is InChI=1S/C32H39F2N5O2S2/c1-5-21(4)29(41-28-13-12-26(24-8-6-7-9-25(24)28)39-43(40)18-22-10-11-22)30(42-20(2)3)27-14-15-36-31(38-27)37-23-16-32(33,34)19-35-17-23/h6-9,12-15,21-23,35,39H,2,5,10-11,16-19H2,1,3-4H3,(H,36,37,38)/b30-29+. The van der Waals surface area contributed by atoms with Crippen molar-refractivity contribution < 1.29 is 17.7 Å². The van der Waals surface area contributed by atoms with Gasteiger partial charge in [0, 0.05) is 47.6 Å². The molecule has 3 aromatic rings. The molecule has 1 aliphatic carbocycles. The van der Waals surface area contributed by atoms with Crippen LogP contribution in [0.4, 0.5) is 20.4 Å². The van der Waals surface area contributed by atoms with Crippen molar-refractivity contribution in [1.29, 1.82) is 0 Å². The molecule has 43 heavy (non-hydrogen) atoms. The minimum atomic E-state index is -2.79. The van der Waals surface area contributed by atoms with Crippen molar-refractivity contribution in [3.8, 4) is 5.75 Å². The molecule has 5 rings (SSSR count). The lowest BCUT2D eigenvalue weighted by atomic mass is 10.0. The maximum absolute atomic E-state index is 14.0. The van der Waals surface area contributed by atoms with Gasteiger partial charge in [0.1, 0.15) is 22.5 Å². The number of thioether (sulfide) groups is 1. The first kappa shape index (κ1) is 31.4. The number of ether oxygens (including phenoxy) is 1. The second kappa shape index (κ2) is 13.7. The number of allylic oxidation sites excluding steroid dienone is 2. The summed E-state index contributed by atoms with van der Waals surface area (Å²) in [6, 6.07) is 13.1. The summed E-state index contributed by atoms with van der Waals surface area (Å²) in [6.45, 7) is 10.3. The highest BCUT2D eigenvalue weighted by Crippen LogP contribution is 2.41. The topological polar surface area (TPSA) is 88.2 Å². The lowest BCUT2D eigenvalue weighted by Crippen LogP contribution is -2.49. The van der Waals surface area contributed by atoms with Crippen molar-refractivity contribution >= 4 is 50.1 Å². The van der Waals surface area contributed by atoms with Crippen molar-refractivity contribution in [3.63, 3.8) is 0 Å². The van der Waals surface area contributed by atoms with Crippen LogP contribution in [0.3, 0.4) is 0 Å². The fourth-order valence-electron chi connectivity index (χ4n) is 4.96. The molecule has 1 aliphatic heterocycles. The van der Waals surface area contributed by atoms with Crippen LogP contribution in [0.25, 0.3) is 15.7 Å². The molecule has 3 atom stereocenters. The highest BCUT2D eigenvalue weighted by molar-refractivity contribution is 8.11. The molecule has 2 aromatic carbocycles. The smallest absolute Gasteiger partial charge is 0.262 e. The van der Waals surface area contributed by atoms with E-state index in [9.17, 15) is 13.0 Å². The molecule has 2 fully saturated rings. The summed E-state index contributed by atoms with van der Waals surface area (Å²) in [5.41, 5.74) is 1.43. The molecule has 0 spiro atoms. The first-order valence-electron chi connectivity index (χ1n) is 14.7. The normalized spacial score (nSPS) is 20.2. The van der Waals surface area contributed by atoms with Gasteiger partial charge < -0.3 is 20.1 Å². The van der Waals surface area contributed by atoms with Gasteiger partial charge in [-0.1, -0.05) is 56.5 Å². The fourth-order valence-corrected chi connectivity index (χ4v) is 7.14. The Balaban J connectivity index is 1.50. The minimum absolute atomic E-state index is 0.0251. The first-order chi connectivity index (χ1) is 20.6. The maximum Gasteiger partial charge on any atom is 0.262 e. The number of piperidine rings is 1. The highest BCUT2D eigenvalue weighted by Gasteiger charge is 2.36. The van der Waals surface area contributed by atoms with Crippen molar-refractivity contribution in [1.82, 2.24) is 15.3 Å². The van der Waals surface area contributed by atoms with Crippen LogP contribution in [-0.2, 0) is 11.0 Å². The van der Waals surface area contributed by atoms with Crippen LogP contribution >= 0.6 is 11.8 Å². The molecule has 1 saturated heterocycles. The zero-order valence-electron chi connectivity index (χ0n) is 24.8. The Morgan fingerprint density at radius 3 is 2.70 bits per heavy atom. The SMILES string of the molecule is C=C(C)S/C(=C(/Oc1ccc(NS(=O)CC2CC2)c2ccccc12)C(C)CC)c1ccnc(NC2CNCC(F)(F)C2)n1. The van der Waals surface area contributed by atoms with Crippen LogP contribution in [0, 0.1) is 11.8 Å². The Kier molecular flexibility index (Phi) is 10.0. The number of alkyl halides is 2. The molecule has 3 N–H and O–H groups in total. The molecule has 0 amide bonds. The van der Waals surface area contributed by atoms with Gasteiger partial charge in [-0.05, 0) is 55.2 Å². The van der Waals surface area contributed by atoms with E-state index in [4.69, 9.17) is 9.72 Å². The molecule has 2 aliphatic rings. The quantitative estimate of drug-likeness (QED) is 0.168. The molecule has 2 heterocycles. The number of aromatic nitrogens is 2. The molecule has 7 nitrogen and oxygen atoms in total. The summed E-state index contributed by atoms with van der Waals surface area (Å²) in [6.07, 6.45) is 4.45. The lowest BCUT2D eigenvalue weighted by molar-refractivity contribution is -0.0244. The minimum Gasteiger partial charge on any atom is -0.460 e. The van der Waals surface area contributed by atoms with Crippen molar-refractivity contribution in [2.45, 2.75) is 58.4 Å². The van der Waals surface area contributed by atoms with Gasteiger partial charge in [0.15, 0.2) is 0 Å². The number of rotatable bonds is 13. The van der Waals surface area contributed by atoms with Crippen molar-refractivity contribution in [2.75, 3.05) is 28.9 Å². The molecule has 1 saturated carbocycles. The summed E-state index contributed by atoms with van der Waals surface area (Å²) >= 11 is 1.46. The van der Waals surface area contributed by atoms with E-state index in [1.54, 1.807) is 12.3 Å². The lowest BCUT2D eigenvalue weighted by Gasteiger charge is -2.30. The molecule has 11 heteroatoms. The Labute approximate surface area is 259 Å². The van der Waals surface area contributed by atoms with E-state index in [2.05, 4.69) is 40.8 Å². The Morgan fingerprint density at radius 2 is 2.00 bits per heavy atom. The summed E-state index contributed by atoms with van der Waals surface area (Å²) in [4.78, 5) is 10.7. The van der Waals surface area contributed by atoms with Crippen molar-refractivity contribution in [2.24, 2.45) is 11.8 Å². The summed E-state index contributed by atoms with van der Waals surface area (Å²) in [5, 5.41) is 7.69. The van der Waals surface area contributed by atoms with Crippen LogP contribution < -0.4 is 20.1 Å².